The van der Waals surface area contributed by atoms with Gasteiger partial charge >= 0.3 is 0 Å². The lowest BCUT2D eigenvalue weighted by Gasteiger charge is -2.29. The molecule has 1 N–H and O–H groups in total. The smallest absolute Gasteiger partial charge is 0.257 e. The van der Waals surface area contributed by atoms with Gasteiger partial charge in [0.25, 0.3) is 5.91 Å². The van der Waals surface area contributed by atoms with Gasteiger partial charge in [0.05, 0.1) is 18.9 Å². The van der Waals surface area contributed by atoms with E-state index in [4.69, 9.17) is 9.26 Å². The van der Waals surface area contributed by atoms with Crippen molar-refractivity contribution in [1.82, 2.24) is 15.4 Å². The second-order valence-electron chi connectivity index (χ2n) is 4.99. The summed E-state index contributed by atoms with van der Waals surface area (Å²) in [5.41, 5.74) is 1.18. The van der Waals surface area contributed by atoms with Crippen molar-refractivity contribution < 1.29 is 14.1 Å². The Morgan fingerprint density at radius 2 is 2.11 bits per heavy atom. The van der Waals surface area contributed by atoms with Crippen LogP contribution in [0, 0.1) is 13.8 Å². The molecule has 0 aliphatic carbocycles. The molecule has 0 unspecified atom stereocenters. The SMILES string of the molecule is Cc1noc(C)c1C(=O)N[C@@H](C)CN1CCOCC1. The maximum absolute atomic E-state index is 12.1. The summed E-state index contributed by atoms with van der Waals surface area (Å²) in [7, 11) is 0. The fourth-order valence-electron chi connectivity index (χ4n) is 2.32. The van der Waals surface area contributed by atoms with Gasteiger partial charge in [0, 0.05) is 25.7 Å². The zero-order chi connectivity index (χ0) is 13.8. The van der Waals surface area contributed by atoms with Crippen LogP contribution in [-0.2, 0) is 4.74 Å². The van der Waals surface area contributed by atoms with Crippen molar-refractivity contribution in [3.05, 3.63) is 17.0 Å². The first kappa shape index (κ1) is 14.0. The zero-order valence-corrected chi connectivity index (χ0v) is 11.7. The van der Waals surface area contributed by atoms with E-state index in [1.54, 1.807) is 13.8 Å². The molecule has 19 heavy (non-hydrogen) atoms. The van der Waals surface area contributed by atoms with Crippen molar-refractivity contribution in [2.45, 2.75) is 26.8 Å². The minimum absolute atomic E-state index is 0.0827. The molecular weight excluding hydrogens is 246 g/mol. The van der Waals surface area contributed by atoms with Gasteiger partial charge in [0.2, 0.25) is 0 Å². The Bertz CT molecular complexity index is 419. The lowest BCUT2D eigenvalue weighted by atomic mass is 10.1. The molecule has 1 saturated heterocycles. The van der Waals surface area contributed by atoms with Crippen molar-refractivity contribution in [2.75, 3.05) is 32.8 Å². The number of nitrogens with one attached hydrogen (secondary N) is 1. The number of rotatable bonds is 4. The van der Waals surface area contributed by atoms with Gasteiger partial charge in [-0.2, -0.15) is 0 Å². The van der Waals surface area contributed by atoms with Gasteiger partial charge in [-0.1, -0.05) is 5.16 Å². The number of morpholine rings is 1. The Morgan fingerprint density at radius 1 is 1.42 bits per heavy atom. The van der Waals surface area contributed by atoms with Crippen molar-refractivity contribution in [3.63, 3.8) is 0 Å². The summed E-state index contributed by atoms with van der Waals surface area (Å²) in [6.45, 7) is 9.75. The van der Waals surface area contributed by atoms with E-state index in [1.165, 1.54) is 0 Å². The summed E-state index contributed by atoms with van der Waals surface area (Å²) in [5, 5.41) is 6.79. The molecule has 106 valence electrons. The number of hydrogen-bond acceptors (Lipinski definition) is 5. The van der Waals surface area contributed by atoms with Gasteiger partial charge in [0.15, 0.2) is 0 Å². The van der Waals surface area contributed by atoms with Crippen LogP contribution in [0.5, 0.6) is 0 Å². The standard InChI is InChI=1S/C13H21N3O3/c1-9(8-16-4-6-18-7-5-16)14-13(17)12-10(2)15-19-11(12)3/h9H,4-8H2,1-3H3,(H,14,17)/t9-/m0/s1. The normalized spacial score (nSPS) is 18.3. The molecule has 1 amide bonds. The quantitative estimate of drug-likeness (QED) is 0.871. The summed E-state index contributed by atoms with van der Waals surface area (Å²) in [5.74, 6) is 0.450. The Balaban J connectivity index is 1.88. The van der Waals surface area contributed by atoms with Gasteiger partial charge in [-0.05, 0) is 20.8 Å². The first-order valence-electron chi connectivity index (χ1n) is 6.61. The van der Waals surface area contributed by atoms with E-state index >= 15 is 0 Å². The van der Waals surface area contributed by atoms with Crippen LogP contribution in [0.15, 0.2) is 4.52 Å². The van der Waals surface area contributed by atoms with Crippen LogP contribution in [0.2, 0.25) is 0 Å². The van der Waals surface area contributed by atoms with Crippen LogP contribution in [0.1, 0.15) is 28.7 Å². The Morgan fingerprint density at radius 3 is 2.68 bits per heavy atom. The average Bonchev–Trinajstić information content (AvgIpc) is 2.70. The van der Waals surface area contributed by atoms with E-state index in [9.17, 15) is 4.79 Å². The van der Waals surface area contributed by atoms with E-state index < -0.39 is 0 Å². The van der Waals surface area contributed by atoms with Crippen LogP contribution < -0.4 is 5.32 Å². The molecule has 0 radical (unpaired) electrons. The van der Waals surface area contributed by atoms with Crippen LogP contribution in [0.3, 0.4) is 0 Å². The molecule has 1 aromatic rings. The Labute approximate surface area is 113 Å². The molecule has 1 fully saturated rings. The Hall–Kier alpha value is -1.40. The number of amides is 1. The largest absolute Gasteiger partial charge is 0.379 e. The second kappa shape index (κ2) is 6.16. The molecule has 6 heteroatoms. The summed E-state index contributed by atoms with van der Waals surface area (Å²) < 4.78 is 10.3. The molecule has 2 rings (SSSR count). The summed E-state index contributed by atoms with van der Waals surface area (Å²) in [6, 6.07) is 0.0827. The highest BCUT2D eigenvalue weighted by atomic mass is 16.5. The van der Waals surface area contributed by atoms with Crippen molar-refractivity contribution in [2.24, 2.45) is 0 Å². The highest BCUT2D eigenvalue weighted by Gasteiger charge is 2.20. The van der Waals surface area contributed by atoms with Gasteiger partial charge in [-0.25, -0.2) is 0 Å². The minimum atomic E-state index is -0.114. The number of aryl methyl sites for hydroxylation is 2. The molecular formula is C13H21N3O3. The lowest BCUT2D eigenvalue weighted by molar-refractivity contribution is 0.0342. The predicted octanol–water partition coefficient (Wildman–Crippen LogP) is 0.742. The van der Waals surface area contributed by atoms with Crippen molar-refractivity contribution >= 4 is 5.91 Å². The first-order chi connectivity index (χ1) is 9.08. The monoisotopic (exact) mass is 267 g/mol. The molecule has 1 atom stereocenters. The zero-order valence-electron chi connectivity index (χ0n) is 11.7. The maximum Gasteiger partial charge on any atom is 0.257 e. The summed E-state index contributed by atoms with van der Waals surface area (Å²) >= 11 is 0. The third-order valence-corrected chi connectivity index (χ3v) is 3.27. The number of nitrogens with zero attached hydrogens (tertiary/aromatic N) is 2. The number of carbonyl (C=O) groups excluding carboxylic acids is 1. The number of hydrogen-bond donors (Lipinski definition) is 1. The molecule has 1 aliphatic rings. The molecule has 2 heterocycles. The van der Waals surface area contributed by atoms with E-state index in [0.717, 1.165) is 32.8 Å². The van der Waals surface area contributed by atoms with Crippen molar-refractivity contribution in [1.29, 1.82) is 0 Å². The lowest BCUT2D eigenvalue weighted by Crippen LogP contribution is -2.46. The predicted molar refractivity (Wildman–Crippen MR) is 70.2 cm³/mol. The van der Waals surface area contributed by atoms with Crippen LogP contribution in [0.25, 0.3) is 0 Å². The van der Waals surface area contributed by atoms with Crippen molar-refractivity contribution in [3.8, 4) is 0 Å². The number of ether oxygens (including phenoxy) is 1. The summed E-state index contributed by atoms with van der Waals surface area (Å²) in [4.78, 5) is 14.4. The van der Waals surface area contributed by atoms with Crippen LogP contribution in [0.4, 0.5) is 0 Å². The van der Waals surface area contributed by atoms with Crippen LogP contribution in [-0.4, -0.2) is 54.9 Å². The van der Waals surface area contributed by atoms with Gasteiger partial charge < -0.3 is 14.6 Å². The minimum Gasteiger partial charge on any atom is -0.379 e. The fraction of sp³-hybridized carbons (Fsp3) is 0.692. The molecule has 1 aromatic heterocycles. The van der Waals surface area contributed by atoms with E-state index in [0.29, 0.717) is 17.0 Å². The third kappa shape index (κ3) is 3.54. The second-order valence-corrected chi connectivity index (χ2v) is 4.99. The number of carbonyl (C=O) groups is 1. The van der Waals surface area contributed by atoms with Crippen LogP contribution >= 0.6 is 0 Å². The molecule has 0 spiro atoms. The van der Waals surface area contributed by atoms with E-state index in [1.807, 2.05) is 6.92 Å². The summed E-state index contributed by atoms with van der Waals surface area (Å²) in [6.07, 6.45) is 0. The van der Waals surface area contributed by atoms with Gasteiger partial charge in [-0.15, -0.1) is 0 Å². The molecule has 0 aromatic carbocycles. The topological polar surface area (TPSA) is 67.6 Å². The fourth-order valence-corrected chi connectivity index (χ4v) is 2.32. The third-order valence-electron chi connectivity index (χ3n) is 3.27. The highest BCUT2D eigenvalue weighted by molar-refractivity contribution is 5.96. The first-order valence-corrected chi connectivity index (χ1v) is 6.61. The molecule has 6 nitrogen and oxygen atoms in total. The maximum atomic E-state index is 12.1. The number of aromatic nitrogens is 1. The Kier molecular flexibility index (Phi) is 4.55. The van der Waals surface area contributed by atoms with E-state index in [2.05, 4.69) is 15.4 Å². The van der Waals surface area contributed by atoms with E-state index in [-0.39, 0.29) is 11.9 Å². The van der Waals surface area contributed by atoms with Gasteiger partial charge in [0.1, 0.15) is 11.3 Å². The molecule has 0 bridgehead atoms. The van der Waals surface area contributed by atoms with Gasteiger partial charge in [-0.3, -0.25) is 9.69 Å². The molecule has 1 aliphatic heterocycles. The molecule has 0 saturated carbocycles. The highest BCUT2D eigenvalue weighted by Crippen LogP contribution is 2.12. The average molecular weight is 267 g/mol.